The molecule has 1 saturated heterocycles. The third-order valence-corrected chi connectivity index (χ3v) is 2.85. The van der Waals surface area contributed by atoms with Crippen LogP contribution in [0.2, 0.25) is 0 Å². The molecule has 0 bridgehead atoms. The predicted molar refractivity (Wildman–Crippen MR) is 53.5 cm³/mol. The summed E-state index contributed by atoms with van der Waals surface area (Å²) in [5, 5.41) is 0. The Kier molecular flexibility index (Phi) is 3.72. The molecule has 3 nitrogen and oxygen atoms in total. The first-order valence-electron chi connectivity index (χ1n) is 5.12. The molecular formula is C10H20N2O. The zero-order valence-corrected chi connectivity index (χ0v) is 8.92. The first-order valence-corrected chi connectivity index (χ1v) is 5.12. The standard InChI is InChI=1S/C10H20N2O/c1-4-9(2)10(13)12-7-5-11(3)6-8-12/h9H,4-8H2,1-3H3. The highest BCUT2D eigenvalue weighted by Crippen LogP contribution is 2.08. The van der Waals surface area contributed by atoms with Crippen molar-refractivity contribution >= 4 is 5.91 Å². The van der Waals surface area contributed by atoms with Gasteiger partial charge in [0, 0.05) is 32.1 Å². The van der Waals surface area contributed by atoms with Gasteiger partial charge >= 0.3 is 0 Å². The number of piperazine rings is 1. The highest BCUT2D eigenvalue weighted by atomic mass is 16.2. The lowest BCUT2D eigenvalue weighted by Crippen LogP contribution is -2.48. The summed E-state index contributed by atoms with van der Waals surface area (Å²) in [4.78, 5) is 16.0. The number of carbonyl (C=O) groups is 1. The molecule has 1 atom stereocenters. The molecule has 3 heteroatoms. The second kappa shape index (κ2) is 4.61. The van der Waals surface area contributed by atoms with Crippen molar-refractivity contribution in [2.24, 2.45) is 5.92 Å². The largest absolute Gasteiger partial charge is 0.340 e. The lowest BCUT2D eigenvalue weighted by Gasteiger charge is -2.33. The number of hydrogen-bond donors (Lipinski definition) is 0. The van der Waals surface area contributed by atoms with Crippen LogP contribution in [0.5, 0.6) is 0 Å². The molecule has 76 valence electrons. The van der Waals surface area contributed by atoms with Gasteiger partial charge in [0.2, 0.25) is 5.91 Å². The molecule has 0 aliphatic carbocycles. The van der Waals surface area contributed by atoms with Crippen molar-refractivity contribution in [3.05, 3.63) is 0 Å². The van der Waals surface area contributed by atoms with Crippen molar-refractivity contribution in [2.75, 3.05) is 33.2 Å². The van der Waals surface area contributed by atoms with E-state index in [4.69, 9.17) is 0 Å². The second-order valence-corrected chi connectivity index (χ2v) is 3.94. The summed E-state index contributed by atoms with van der Waals surface area (Å²) in [6.07, 6.45) is 0.950. The smallest absolute Gasteiger partial charge is 0.225 e. The minimum atomic E-state index is 0.198. The van der Waals surface area contributed by atoms with E-state index in [1.807, 2.05) is 11.8 Å². The fourth-order valence-corrected chi connectivity index (χ4v) is 1.51. The summed E-state index contributed by atoms with van der Waals surface area (Å²) >= 11 is 0. The van der Waals surface area contributed by atoms with Gasteiger partial charge in [0.15, 0.2) is 0 Å². The van der Waals surface area contributed by atoms with Gasteiger partial charge in [-0.05, 0) is 13.5 Å². The molecule has 13 heavy (non-hydrogen) atoms. The van der Waals surface area contributed by atoms with Gasteiger partial charge in [-0.1, -0.05) is 13.8 Å². The topological polar surface area (TPSA) is 23.6 Å². The van der Waals surface area contributed by atoms with Gasteiger partial charge in [-0.2, -0.15) is 0 Å². The number of rotatable bonds is 2. The monoisotopic (exact) mass is 184 g/mol. The van der Waals surface area contributed by atoms with Gasteiger partial charge < -0.3 is 9.80 Å². The SMILES string of the molecule is CCC(C)C(=O)N1CCN(C)CC1. The molecule has 0 radical (unpaired) electrons. The summed E-state index contributed by atoms with van der Waals surface area (Å²) in [6, 6.07) is 0. The minimum absolute atomic E-state index is 0.198. The molecule has 0 saturated carbocycles. The van der Waals surface area contributed by atoms with Crippen molar-refractivity contribution in [1.82, 2.24) is 9.80 Å². The van der Waals surface area contributed by atoms with E-state index in [1.165, 1.54) is 0 Å². The lowest BCUT2D eigenvalue weighted by molar-refractivity contribution is -0.136. The molecular weight excluding hydrogens is 164 g/mol. The van der Waals surface area contributed by atoms with E-state index in [0.717, 1.165) is 32.6 Å². The Balaban J connectivity index is 2.40. The molecule has 1 unspecified atom stereocenters. The summed E-state index contributed by atoms with van der Waals surface area (Å²) in [6.45, 7) is 7.92. The zero-order chi connectivity index (χ0) is 9.84. The van der Waals surface area contributed by atoms with Crippen LogP contribution < -0.4 is 0 Å². The highest BCUT2D eigenvalue weighted by Gasteiger charge is 2.22. The van der Waals surface area contributed by atoms with E-state index < -0.39 is 0 Å². The summed E-state index contributed by atoms with van der Waals surface area (Å²) < 4.78 is 0. The third-order valence-electron chi connectivity index (χ3n) is 2.85. The van der Waals surface area contributed by atoms with Crippen LogP contribution in [-0.2, 0) is 4.79 Å². The van der Waals surface area contributed by atoms with Crippen LogP contribution in [0.3, 0.4) is 0 Å². The Labute approximate surface area is 80.7 Å². The number of likely N-dealkylation sites (N-methyl/N-ethyl adjacent to an activating group) is 1. The normalized spacial score (nSPS) is 21.6. The zero-order valence-electron chi connectivity index (χ0n) is 8.92. The molecule has 1 amide bonds. The quantitative estimate of drug-likeness (QED) is 0.634. The predicted octanol–water partition coefficient (Wildman–Crippen LogP) is 0.806. The van der Waals surface area contributed by atoms with Crippen molar-refractivity contribution in [2.45, 2.75) is 20.3 Å². The highest BCUT2D eigenvalue weighted by molar-refractivity contribution is 5.78. The maximum Gasteiger partial charge on any atom is 0.225 e. The maximum absolute atomic E-state index is 11.7. The molecule has 1 aliphatic heterocycles. The average Bonchev–Trinajstić information content (AvgIpc) is 2.17. The first kappa shape index (κ1) is 10.5. The Morgan fingerprint density at radius 3 is 2.31 bits per heavy atom. The molecule has 1 aliphatic rings. The molecule has 1 fully saturated rings. The van der Waals surface area contributed by atoms with E-state index in [9.17, 15) is 4.79 Å². The number of amides is 1. The summed E-state index contributed by atoms with van der Waals surface area (Å²) in [7, 11) is 2.10. The lowest BCUT2D eigenvalue weighted by atomic mass is 10.1. The van der Waals surface area contributed by atoms with Crippen LogP contribution in [0, 0.1) is 5.92 Å². The molecule has 0 aromatic rings. The van der Waals surface area contributed by atoms with E-state index in [-0.39, 0.29) is 5.92 Å². The van der Waals surface area contributed by atoms with Gasteiger partial charge in [-0.25, -0.2) is 0 Å². The number of hydrogen-bond acceptors (Lipinski definition) is 2. The summed E-state index contributed by atoms with van der Waals surface area (Å²) in [5.41, 5.74) is 0. The first-order chi connectivity index (χ1) is 6.15. The Bertz CT molecular complexity index is 174. The fraction of sp³-hybridized carbons (Fsp3) is 0.900. The maximum atomic E-state index is 11.7. The minimum Gasteiger partial charge on any atom is -0.340 e. The van der Waals surface area contributed by atoms with E-state index in [1.54, 1.807) is 0 Å². The number of nitrogens with zero attached hydrogens (tertiary/aromatic N) is 2. The molecule has 0 spiro atoms. The Morgan fingerprint density at radius 1 is 1.31 bits per heavy atom. The third kappa shape index (κ3) is 2.69. The van der Waals surface area contributed by atoms with Crippen LogP contribution in [-0.4, -0.2) is 48.9 Å². The number of carbonyl (C=O) groups excluding carboxylic acids is 1. The van der Waals surface area contributed by atoms with Crippen molar-refractivity contribution in [3.8, 4) is 0 Å². The molecule has 1 rings (SSSR count). The second-order valence-electron chi connectivity index (χ2n) is 3.94. The van der Waals surface area contributed by atoms with Crippen molar-refractivity contribution in [1.29, 1.82) is 0 Å². The summed E-state index contributed by atoms with van der Waals surface area (Å²) in [5.74, 6) is 0.527. The van der Waals surface area contributed by atoms with Gasteiger partial charge in [0.25, 0.3) is 0 Å². The average molecular weight is 184 g/mol. The fourth-order valence-electron chi connectivity index (χ4n) is 1.51. The van der Waals surface area contributed by atoms with Crippen LogP contribution in [0.25, 0.3) is 0 Å². The van der Waals surface area contributed by atoms with Crippen LogP contribution >= 0.6 is 0 Å². The molecule has 0 aromatic carbocycles. The van der Waals surface area contributed by atoms with Crippen LogP contribution in [0.4, 0.5) is 0 Å². The Hall–Kier alpha value is -0.570. The molecule has 0 N–H and O–H groups in total. The molecule has 1 heterocycles. The van der Waals surface area contributed by atoms with Crippen molar-refractivity contribution < 1.29 is 4.79 Å². The van der Waals surface area contributed by atoms with Crippen molar-refractivity contribution in [3.63, 3.8) is 0 Å². The van der Waals surface area contributed by atoms with E-state index in [0.29, 0.717) is 5.91 Å². The van der Waals surface area contributed by atoms with Crippen LogP contribution in [0.15, 0.2) is 0 Å². The Morgan fingerprint density at radius 2 is 1.85 bits per heavy atom. The van der Waals surface area contributed by atoms with Crippen LogP contribution in [0.1, 0.15) is 20.3 Å². The van der Waals surface area contributed by atoms with Gasteiger partial charge in [-0.15, -0.1) is 0 Å². The van der Waals surface area contributed by atoms with Gasteiger partial charge in [0.1, 0.15) is 0 Å². The van der Waals surface area contributed by atoms with Gasteiger partial charge in [-0.3, -0.25) is 4.79 Å². The van der Waals surface area contributed by atoms with Gasteiger partial charge in [0.05, 0.1) is 0 Å². The van der Waals surface area contributed by atoms with E-state index in [2.05, 4.69) is 18.9 Å². The molecule has 0 aromatic heterocycles. The van der Waals surface area contributed by atoms with E-state index >= 15 is 0 Å².